The van der Waals surface area contributed by atoms with Crippen molar-refractivity contribution in [3.8, 4) is 0 Å². The molecule has 2 heterocycles. The van der Waals surface area contributed by atoms with Gasteiger partial charge in [0.2, 0.25) is 11.8 Å². The zero-order valence-electron chi connectivity index (χ0n) is 18.1. The van der Waals surface area contributed by atoms with Crippen molar-refractivity contribution in [1.82, 2.24) is 10.2 Å². The summed E-state index contributed by atoms with van der Waals surface area (Å²) in [5, 5.41) is 9.64. The van der Waals surface area contributed by atoms with Gasteiger partial charge in [-0.05, 0) is 56.4 Å². The van der Waals surface area contributed by atoms with E-state index in [9.17, 15) is 18.0 Å². The summed E-state index contributed by atoms with van der Waals surface area (Å²) in [7, 11) is -3.89. The van der Waals surface area contributed by atoms with E-state index in [0.717, 1.165) is 4.88 Å². The molecule has 3 fully saturated rings. The van der Waals surface area contributed by atoms with Crippen LogP contribution in [0.4, 0.5) is 0 Å². The highest BCUT2D eigenvalue weighted by Crippen LogP contribution is 2.53. The van der Waals surface area contributed by atoms with Crippen LogP contribution in [0.1, 0.15) is 37.0 Å². The molecule has 0 spiro atoms. The third-order valence-electron chi connectivity index (χ3n) is 7.05. The number of hydrogen-bond donors (Lipinski definition) is 2. The second kappa shape index (κ2) is 8.33. The normalized spacial score (nSPS) is 24.5. The van der Waals surface area contributed by atoms with E-state index in [-0.39, 0.29) is 28.8 Å². The van der Waals surface area contributed by atoms with E-state index in [0.29, 0.717) is 30.0 Å². The first-order valence-electron chi connectivity index (χ1n) is 11.0. The molecule has 0 bridgehead atoms. The molecule has 2 N–H and O–H groups in total. The van der Waals surface area contributed by atoms with Gasteiger partial charge in [0.05, 0.1) is 30.5 Å². The molecule has 11 heteroatoms. The van der Waals surface area contributed by atoms with Gasteiger partial charge in [0.15, 0.2) is 9.84 Å². The van der Waals surface area contributed by atoms with Crippen LogP contribution in [-0.4, -0.2) is 54.7 Å². The van der Waals surface area contributed by atoms with E-state index in [1.165, 1.54) is 34.6 Å². The second-order valence-electron chi connectivity index (χ2n) is 9.28. The van der Waals surface area contributed by atoms with Crippen LogP contribution in [0.5, 0.6) is 0 Å². The lowest BCUT2D eigenvalue weighted by Crippen LogP contribution is -2.52. The molecule has 2 aromatic rings. The number of amides is 2. The highest BCUT2D eigenvalue weighted by molar-refractivity contribution is 7.92. The van der Waals surface area contributed by atoms with Crippen molar-refractivity contribution in [2.75, 3.05) is 6.54 Å². The number of likely N-dealkylation sites (tertiary alicyclic amines) is 1. The van der Waals surface area contributed by atoms with Crippen LogP contribution >= 0.6 is 34.5 Å². The van der Waals surface area contributed by atoms with E-state index in [1.807, 2.05) is 6.07 Å². The molecular weight excluding hydrogens is 517 g/mol. The van der Waals surface area contributed by atoms with Crippen molar-refractivity contribution in [2.45, 2.75) is 59.2 Å². The summed E-state index contributed by atoms with van der Waals surface area (Å²) in [5.74, 6) is -0.672. The smallest absolute Gasteiger partial charge is 0.243 e. The Morgan fingerprint density at radius 1 is 1.12 bits per heavy atom. The molecule has 2 amide bonds. The minimum atomic E-state index is -3.89. The molecule has 1 aromatic carbocycles. The van der Waals surface area contributed by atoms with Gasteiger partial charge in [-0.15, -0.1) is 11.3 Å². The lowest BCUT2D eigenvalue weighted by molar-refractivity contribution is -0.140. The van der Waals surface area contributed by atoms with E-state index in [2.05, 4.69) is 5.32 Å². The molecule has 1 aliphatic heterocycles. The summed E-state index contributed by atoms with van der Waals surface area (Å²) in [6.45, 7) is -0.0943. The minimum Gasteiger partial charge on any atom is -0.344 e. The Labute approximate surface area is 211 Å². The molecule has 5 rings (SSSR count). The molecular formula is C23H23Cl2N3O4S2. The van der Waals surface area contributed by atoms with Crippen molar-refractivity contribution in [3.63, 3.8) is 0 Å². The van der Waals surface area contributed by atoms with Gasteiger partial charge in [0.25, 0.3) is 0 Å². The highest BCUT2D eigenvalue weighted by atomic mass is 35.5. The van der Waals surface area contributed by atoms with Crippen LogP contribution in [0.3, 0.4) is 0 Å². The third kappa shape index (κ3) is 3.96. The maximum absolute atomic E-state index is 13.8. The van der Waals surface area contributed by atoms with Crippen LogP contribution in [0.25, 0.3) is 0 Å². The molecule has 1 saturated heterocycles. The van der Waals surface area contributed by atoms with Gasteiger partial charge >= 0.3 is 0 Å². The van der Waals surface area contributed by atoms with Gasteiger partial charge in [0.1, 0.15) is 6.04 Å². The first-order chi connectivity index (χ1) is 16.1. The molecule has 2 atom stereocenters. The predicted molar refractivity (Wildman–Crippen MR) is 132 cm³/mol. The zero-order valence-corrected chi connectivity index (χ0v) is 21.2. The fraction of sp³-hybridized carbons (Fsp3) is 0.435. The largest absolute Gasteiger partial charge is 0.344 e. The number of rotatable bonds is 7. The van der Waals surface area contributed by atoms with Crippen LogP contribution in [0.15, 0.2) is 41.3 Å². The molecule has 1 aromatic heterocycles. The number of halogens is 2. The SMILES string of the molecule is N=CC1(NC(=O)[C@@H]2C[C@@H](S(=O)(=O)c3ccccc3Cl)CN2C(=O)C2(c3ccc(Cl)s3)CC2)CC1. The molecule has 7 nitrogen and oxygen atoms in total. The molecule has 0 unspecified atom stereocenters. The maximum Gasteiger partial charge on any atom is 0.243 e. The van der Waals surface area contributed by atoms with Crippen molar-refractivity contribution >= 4 is 62.4 Å². The summed E-state index contributed by atoms with van der Waals surface area (Å²) in [6.07, 6.45) is 3.74. The van der Waals surface area contributed by atoms with Crippen molar-refractivity contribution in [1.29, 1.82) is 5.41 Å². The fourth-order valence-corrected chi connectivity index (χ4v) is 8.16. The Morgan fingerprint density at radius 2 is 1.82 bits per heavy atom. The Bertz CT molecular complexity index is 1280. The zero-order chi connectivity index (χ0) is 24.3. The summed E-state index contributed by atoms with van der Waals surface area (Å²) in [5.41, 5.74) is -1.46. The molecule has 2 saturated carbocycles. The van der Waals surface area contributed by atoms with Gasteiger partial charge in [-0.1, -0.05) is 35.3 Å². The van der Waals surface area contributed by atoms with Gasteiger partial charge in [-0.3, -0.25) is 9.59 Å². The lowest BCUT2D eigenvalue weighted by atomic mass is 10.0. The molecule has 2 aliphatic carbocycles. The number of benzene rings is 1. The molecule has 3 aliphatic rings. The Morgan fingerprint density at radius 3 is 2.38 bits per heavy atom. The number of nitrogens with zero attached hydrogens (tertiary/aromatic N) is 1. The van der Waals surface area contributed by atoms with Crippen LogP contribution in [0, 0.1) is 5.41 Å². The Balaban J connectivity index is 1.48. The molecule has 0 radical (unpaired) electrons. The van der Waals surface area contributed by atoms with Crippen molar-refractivity contribution < 1.29 is 18.0 Å². The van der Waals surface area contributed by atoms with Gasteiger partial charge in [0, 0.05) is 17.6 Å². The average Bonchev–Trinajstić information content (AvgIpc) is 3.68. The van der Waals surface area contributed by atoms with Gasteiger partial charge in [-0.2, -0.15) is 0 Å². The predicted octanol–water partition coefficient (Wildman–Crippen LogP) is 3.83. The topological polar surface area (TPSA) is 107 Å². The van der Waals surface area contributed by atoms with E-state index < -0.39 is 38.0 Å². The standard InChI is InChI=1S/C23H23Cl2N3O4S2/c24-15-3-1-2-4-17(15)34(31,32)14-11-16(20(29)27-22(13-26)7-8-22)28(12-14)21(30)23(9-10-23)18-5-6-19(25)33-18/h1-6,13-14,16,26H,7-12H2,(H,27,29)/t14-,16+/m1/s1. The quantitative estimate of drug-likeness (QED) is 0.521. The summed E-state index contributed by atoms with van der Waals surface area (Å²) < 4.78 is 27.5. The number of carbonyl (C=O) groups is 2. The Hall–Kier alpha value is -1.94. The molecule has 34 heavy (non-hydrogen) atoms. The highest BCUT2D eigenvalue weighted by Gasteiger charge is 2.58. The van der Waals surface area contributed by atoms with E-state index in [4.69, 9.17) is 28.6 Å². The van der Waals surface area contributed by atoms with E-state index >= 15 is 0 Å². The minimum absolute atomic E-state index is 0.000507. The van der Waals surface area contributed by atoms with E-state index in [1.54, 1.807) is 18.2 Å². The number of hydrogen-bond acceptors (Lipinski definition) is 6. The van der Waals surface area contributed by atoms with Crippen LogP contribution < -0.4 is 5.32 Å². The number of carbonyl (C=O) groups excluding carboxylic acids is 2. The fourth-order valence-electron chi connectivity index (χ4n) is 4.66. The first kappa shape index (κ1) is 23.8. The van der Waals surface area contributed by atoms with Crippen LogP contribution in [-0.2, 0) is 24.8 Å². The number of sulfone groups is 1. The number of nitrogens with one attached hydrogen (secondary N) is 2. The van der Waals surface area contributed by atoms with Gasteiger partial charge < -0.3 is 15.6 Å². The Kier molecular flexibility index (Phi) is 5.82. The summed E-state index contributed by atoms with van der Waals surface area (Å²) >= 11 is 13.6. The second-order valence-corrected chi connectivity index (χ2v) is 13.6. The van der Waals surface area contributed by atoms with Crippen molar-refractivity contribution in [2.24, 2.45) is 0 Å². The van der Waals surface area contributed by atoms with Crippen LogP contribution in [0.2, 0.25) is 9.36 Å². The summed E-state index contributed by atoms with van der Waals surface area (Å²) in [4.78, 5) is 29.4. The lowest BCUT2D eigenvalue weighted by Gasteiger charge is -2.28. The monoisotopic (exact) mass is 539 g/mol. The van der Waals surface area contributed by atoms with Gasteiger partial charge in [-0.25, -0.2) is 8.42 Å². The maximum atomic E-state index is 13.8. The third-order valence-corrected chi connectivity index (χ3v) is 11.1. The molecule has 180 valence electrons. The van der Waals surface area contributed by atoms with Crippen molar-refractivity contribution in [3.05, 3.63) is 50.6 Å². The average molecular weight is 540 g/mol. The number of thiophene rings is 1. The summed E-state index contributed by atoms with van der Waals surface area (Å²) in [6, 6.07) is 8.84. The first-order valence-corrected chi connectivity index (χ1v) is 14.1.